The van der Waals surface area contributed by atoms with Crippen molar-refractivity contribution in [3.05, 3.63) is 65.4 Å². The topological polar surface area (TPSA) is 50.0 Å². The molecule has 4 aromatic rings. The zero-order valence-corrected chi connectivity index (χ0v) is 18.1. The Morgan fingerprint density at radius 1 is 0.750 bits per heavy atom. The Bertz CT molecular complexity index is 1100. The molecule has 0 unspecified atom stereocenters. The van der Waals surface area contributed by atoms with Crippen molar-refractivity contribution in [1.82, 2.24) is 9.97 Å². The maximum atomic E-state index is 6.09. The lowest BCUT2D eigenvalue weighted by Gasteiger charge is -2.32. The molecule has 0 atom stereocenters. The van der Waals surface area contributed by atoms with Gasteiger partial charge in [-0.3, -0.25) is 0 Å². The van der Waals surface area contributed by atoms with Gasteiger partial charge in [0.2, 0.25) is 0 Å². The number of fused-ring (bicyclic) bond motifs is 2. The normalized spacial score (nSPS) is 17.7. The molecule has 2 aromatic carbocycles. The predicted molar refractivity (Wildman–Crippen MR) is 120 cm³/mol. The van der Waals surface area contributed by atoms with E-state index in [-0.39, 0.29) is 18.3 Å². The molecule has 1 aliphatic rings. The van der Waals surface area contributed by atoms with Crippen LogP contribution in [-0.2, 0) is 9.31 Å². The minimum absolute atomic E-state index is 0.295. The van der Waals surface area contributed by atoms with Crippen molar-refractivity contribution in [2.45, 2.75) is 38.9 Å². The van der Waals surface area contributed by atoms with Gasteiger partial charge in [0.1, 0.15) is 0 Å². The second kappa shape index (κ2) is 7.10. The van der Waals surface area contributed by atoms with E-state index in [2.05, 4.69) is 83.9 Å². The summed E-state index contributed by atoms with van der Waals surface area (Å²) in [5.41, 5.74) is 2.79. The van der Waals surface area contributed by atoms with Crippen LogP contribution in [0.25, 0.3) is 21.8 Å². The Labute approximate surface area is 173 Å². The first kappa shape index (κ1) is 19.3. The van der Waals surface area contributed by atoms with E-state index in [1.807, 2.05) is 30.6 Å². The molecular formula is C22H24BBrN2O2. The number of hydrogen-bond donors (Lipinski definition) is 2. The summed E-state index contributed by atoms with van der Waals surface area (Å²) in [5, 5.41) is 2.40. The van der Waals surface area contributed by atoms with E-state index in [0.29, 0.717) is 0 Å². The molecule has 1 aliphatic heterocycles. The lowest BCUT2D eigenvalue weighted by atomic mass is 9.77. The van der Waals surface area contributed by atoms with Gasteiger partial charge in [-0.2, -0.15) is 0 Å². The highest BCUT2D eigenvalue weighted by atomic mass is 79.9. The van der Waals surface area contributed by atoms with Crippen LogP contribution < -0.4 is 5.46 Å². The van der Waals surface area contributed by atoms with E-state index in [1.54, 1.807) is 0 Å². The van der Waals surface area contributed by atoms with E-state index >= 15 is 0 Å². The Morgan fingerprint density at radius 3 is 1.89 bits per heavy atom. The van der Waals surface area contributed by atoms with E-state index in [0.717, 1.165) is 20.8 Å². The molecule has 0 amide bonds. The number of H-pyrrole nitrogens is 2. The van der Waals surface area contributed by atoms with Crippen molar-refractivity contribution < 1.29 is 9.31 Å². The third-order valence-corrected chi connectivity index (χ3v) is 6.37. The van der Waals surface area contributed by atoms with Gasteiger partial charge in [0, 0.05) is 33.3 Å². The summed E-state index contributed by atoms with van der Waals surface area (Å²) in [4.78, 5) is 6.34. The van der Waals surface area contributed by atoms with Gasteiger partial charge >= 0.3 is 7.12 Å². The molecule has 28 heavy (non-hydrogen) atoms. The fourth-order valence-electron chi connectivity index (χ4n) is 3.33. The smallest absolute Gasteiger partial charge is 0.399 e. The van der Waals surface area contributed by atoms with Crippen LogP contribution in [-0.4, -0.2) is 28.3 Å². The molecule has 0 aliphatic carbocycles. The summed E-state index contributed by atoms with van der Waals surface area (Å²) >= 11 is 3.46. The number of aromatic nitrogens is 2. The van der Waals surface area contributed by atoms with E-state index in [9.17, 15) is 0 Å². The van der Waals surface area contributed by atoms with Crippen molar-refractivity contribution >= 4 is 50.3 Å². The summed E-state index contributed by atoms with van der Waals surface area (Å²) < 4.78 is 13.3. The number of benzene rings is 2. The van der Waals surface area contributed by atoms with Gasteiger partial charge in [-0.1, -0.05) is 34.1 Å². The van der Waals surface area contributed by atoms with Gasteiger partial charge in [0.15, 0.2) is 0 Å². The minimum atomic E-state index is -0.297. The molecule has 1 saturated heterocycles. The highest BCUT2D eigenvalue weighted by molar-refractivity contribution is 9.10. The molecule has 0 saturated carbocycles. The molecule has 2 N–H and O–H groups in total. The van der Waals surface area contributed by atoms with Crippen LogP contribution in [0.2, 0.25) is 0 Å². The SMILES string of the molecule is Brc1cccc2[nH]ccc12.CC1(C)OB(c2cccc3[nH]ccc23)OC1(C)C. The van der Waals surface area contributed by atoms with Gasteiger partial charge in [-0.05, 0) is 68.9 Å². The van der Waals surface area contributed by atoms with Crippen LogP contribution in [0.1, 0.15) is 27.7 Å². The quantitative estimate of drug-likeness (QED) is 0.391. The van der Waals surface area contributed by atoms with Gasteiger partial charge < -0.3 is 19.3 Å². The van der Waals surface area contributed by atoms with E-state index in [1.165, 1.54) is 10.9 Å². The predicted octanol–water partition coefficient (Wildman–Crippen LogP) is 5.40. The second-order valence-corrected chi connectivity index (χ2v) is 8.91. The van der Waals surface area contributed by atoms with Crippen molar-refractivity contribution in [2.75, 3.05) is 0 Å². The Hall–Kier alpha value is -2.02. The van der Waals surface area contributed by atoms with Gasteiger partial charge in [0.05, 0.1) is 11.2 Å². The van der Waals surface area contributed by atoms with Crippen LogP contribution >= 0.6 is 15.9 Å². The standard InChI is InChI=1S/C14H18BNO2.C8H6BrN/c1-13(2)14(3,4)18-15(17-13)11-6-5-7-12-10(11)8-9-16-12;9-7-2-1-3-8-6(7)4-5-10-8/h5-9,16H,1-4H3;1-5,10H. The van der Waals surface area contributed by atoms with E-state index in [4.69, 9.17) is 9.31 Å². The largest absolute Gasteiger partial charge is 0.495 e. The molecule has 4 nitrogen and oxygen atoms in total. The molecule has 2 aromatic heterocycles. The van der Waals surface area contributed by atoms with Gasteiger partial charge in [0.25, 0.3) is 0 Å². The average Bonchev–Trinajstić information content (AvgIpc) is 3.34. The third kappa shape index (κ3) is 3.41. The number of hydrogen-bond acceptors (Lipinski definition) is 2. The molecule has 0 radical (unpaired) electrons. The zero-order valence-electron chi connectivity index (χ0n) is 16.5. The van der Waals surface area contributed by atoms with E-state index < -0.39 is 0 Å². The first-order valence-corrected chi connectivity index (χ1v) is 10.2. The summed E-state index contributed by atoms with van der Waals surface area (Å²) in [6.07, 6.45) is 3.88. The Balaban J connectivity index is 0.000000162. The fraction of sp³-hybridized carbons (Fsp3) is 0.273. The molecule has 144 valence electrons. The van der Waals surface area contributed by atoms with Crippen LogP contribution in [0.3, 0.4) is 0 Å². The number of nitrogens with one attached hydrogen (secondary N) is 2. The summed E-state index contributed by atoms with van der Waals surface area (Å²) in [5.74, 6) is 0. The Morgan fingerprint density at radius 2 is 1.29 bits per heavy atom. The third-order valence-electron chi connectivity index (χ3n) is 5.68. The highest BCUT2D eigenvalue weighted by Crippen LogP contribution is 2.36. The number of aromatic amines is 2. The van der Waals surface area contributed by atoms with Crippen LogP contribution in [0.15, 0.2) is 65.4 Å². The molecule has 3 heterocycles. The van der Waals surface area contributed by atoms with Crippen molar-refractivity contribution in [3.8, 4) is 0 Å². The van der Waals surface area contributed by atoms with Crippen LogP contribution in [0.4, 0.5) is 0 Å². The van der Waals surface area contributed by atoms with Crippen molar-refractivity contribution in [3.63, 3.8) is 0 Å². The maximum absolute atomic E-state index is 6.09. The van der Waals surface area contributed by atoms with Crippen molar-refractivity contribution in [2.24, 2.45) is 0 Å². The zero-order chi connectivity index (χ0) is 19.9. The number of halogens is 1. The molecule has 5 rings (SSSR count). The lowest BCUT2D eigenvalue weighted by Crippen LogP contribution is -2.41. The van der Waals surface area contributed by atoms with Gasteiger partial charge in [-0.25, -0.2) is 0 Å². The van der Waals surface area contributed by atoms with Crippen LogP contribution in [0.5, 0.6) is 0 Å². The Kier molecular flexibility index (Phi) is 4.90. The van der Waals surface area contributed by atoms with Gasteiger partial charge in [-0.15, -0.1) is 0 Å². The minimum Gasteiger partial charge on any atom is -0.399 e. The monoisotopic (exact) mass is 438 g/mol. The fourth-order valence-corrected chi connectivity index (χ4v) is 3.83. The maximum Gasteiger partial charge on any atom is 0.495 e. The van der Waals surface area contributed by atoms with Crippen LogP contribution in [0, 0.1) is 0 Å². The molecule has 1 fully saturated rings. The number of rotatable bonds is 1. The first-order chi connectivity index (χ1) is 13.3. The summed E-state index contributed by atoms with van der Waals surface area (Å²) in [7, 11) is -0.297. The lowest BCUT2D eigenvalue weighted by molar-refractivity contribution is 0.00578. The molecular weight excluding hydrogens is 415 g/mol. The molecule has 0 bridgehead atoms. The molecule has 0 spiro atoms. The summed E-state index contributed by atoms with van der Waals surface area (Å²) in [6, 6.07) is 16.4. The van der Waals surface area contributed by atoms with Crippen molar-refractivity contribution in [1.29, 1.82) is 0 Å². The first-order valence-electron chi connectivity index (χ1n) is 9.42. The molecule has 6 heteroatoms. The summed E-state index contributed by atoms with van der Waals surface area (Å²) in [6.45, 7) is 8.29. The second-order valence-electron chi connectivity index (χ2n) is 8.05. The average molecular weight is 439 g/mol. The highest BCUT2D eigenvalue weighted by Gasteiger charge is 2.52.